The Morgan fingerprint density at radius 2 is 1.95 bits per heavy atom. The summed E-state index contributed by atoms with van der Waals surface area (Å²) >= 11 is 0. The minimum absolute atomic E-state index is 0.0248. The van der Waals surface area contributed by atoms with Crippen LogP contribution < -0.4 is 14.9 Å². The standard InChI is InChI=1S/C16H15FN2O3/c1-21-13-8-6-12(7-9-13)10-18-19-16(20)11-22-15-5-3-2-4-14(15)17/h2-10H,11H2,1H3,(H,19,20)/b18-10+. The van der Waals surface area contributed by atoms with Crippen LogP contribution in [0, 0.1) is 5.82 Å². The number of amides is 1. The van der Waals surface area contributed by atoms with Crippen LogP contribution in [0.2, 0.25) is 0 Å². The lowest BCUT2D eigenvalue weighted by Gasteiger charge is -2.05. The summed E-state index contributed by atoms with van der Waals surface area (Å²) in [5.74, 6) is -0.235. The molecule has 22 heavy (non-hydrogen) atoms. The molecule has 0 bridgehead atoms. The van der Waals surface area contributed by atoms with Crippen molar-refractivity contribution in [1.29, 1.82) is 0 Å². The van der Waals surface area contributed by atoms with E-state index < -0.39 is 11.7 Å². The van der Waals surface area contributed by atoms with Crippen LogP contribution in [0.1, 0.15) is 5.56 Å². The number of hydrogen-bond donors (Lipinski definition) is 1. The van der Waals surface area contributed by atoms with E-state index >= 15 is 0 Å². The summed E-state index contributed by atoms with van der Waals surface area (Å²) in [4.78, 5) is 11.5. The molecule has 0 aliphatic carbocycles. The second-order valence-corrected chi connectivity index (χ2v) is 4.29. The Kier molecular flexibility index (Phi) is 5.48. The average molecular weight is 302 g/mol. The number of nitrogens with zero attached hydrogens (tertiary/aromatic N) is 1. The molecule has 0 saturated carbocycles. The molecular weight excluding hydrogens is 287 g/mol. The molecule has 2 aromatic rings. The lowest BCUT2D eigenvalue weighted by molar-refractivity contribution is -0.123. The third-order valence-corrected chi connectivity index (χ3v) is 2.71. The molecule has 0 aliphatic heterocycles. The van der Waals surface area contributed by atoms with Crippen molar-refractivity contribution in [2.45, 2.75) is 0 Å². The summed E-state index contributed by atoms with van der Waals surface area (Å²) in [6.07, 6.45) is 1.49. The summed E-state index contributed by atoms with van der Waals surface area (Å²) in [7, 11) is 1.58. The highest BCUT2D eigenvalue weighted by molar-refractivity contribution is 5.83. The topological polar surface area (TPSA) is 59.9 Å². The Morgan fingerprint density at radius 1 is 1.23 bits per heavy atom. The highest BCUT2D eigenvalue weighted by Crippen LogP contribution is 2.14. The summed E-state index contributed by atoms with van der Waals surface area (Å²) in [5.41, 5.74) is 3.10. The fraction of sp³-hybridized carbons (Fsp3) is 0.125. The van der Waals surface area contributed by atoms with E-state index in [2.05, 4.69) is 10.5 Å². The lowest BCUT2D eigenvalue weighted by atomic mass is 10.2. The number of halogens is 1. The molecular formula is C16H15FN2O3. The Morgan fingerprint density at radius 3 is 2.64 bits per heavy atom. The minimum Gasteiger partial charge on any atom is -0.497 e. The van der Waals surface area contributed by atoms with Crippen molar-refractivity contribution in [1.82, 2.24) is 5.43 Å². The zero-order valence-corrected chi connectivity index (χ0v) is 12.0. The number of carbonyl (C=O) groups is 1. The van der Waals surface area contributed by atoms with Gasteiger partial charge in [-0.05, 0) is 42.0 Å². The van der Waals surface area contributed by atoms with Gasteiger partial charge in [0.05, 0.1) is 13.3 Å². The molecule has 1 N–H and O–H groups in total. The summed E-state index contributed by atoms with van der Waals surface area (Å²) in [6, 6.07) is 13.0. The van der Waals surface area contributed by atoms with Crippen molar-refractivity contribution < 1.29 is 18.7 Å². The number of rotatable bonds is 6. The number of hydrogen-bond acceptors (Lipinski definition) is 4. The molecule has 1 amide bonds. The first-order chi connectivity index (χ1) is 10.7. The van der Waals surface area contributed by atoms with E-state index in [-0.39, 0.29) is 12.4 Å². The van der Waals surface area contributed by atoms with Crippen LogP contribution in [0.4, 0.5) is 4.39 Å². The molecule has 0 unspecified atom stereocenters. The molecule has 0 aliphatic rings. The quantitative estimate of drug-likeness (QED) is 0.658. The van der Waals surface area contributed by atoms with Gasteiger partial charge in [-0.15, -0.1) is 0 Å². The average Bonchev–Trinajstić information content (AvgIpc) is 2.55. The predicted molar refractivity (Wildman–Crippen MR) is 80.6 cm³/mol. The van der Waals surface area contributed by atoms with Gasteiger partial charge in [-0.3, -0.25) is 4.79 Å². The second-order valence-electron chi connectivity index (χ2n) is 4.29. The highest BCUT2D eigenvalue weighted by Gasteiger charge is 2.05. The van der Waals surface area contributed by atoms with E-state index in [1.807, 2.05) is 0 Å². The van der Waals surface area contributed by atoms with E-state index in [9.17, 15) is 9.18 Å². The van der Waals surface area contributed by atoms with E-state index in [0.29, 0.717) is 0 Å². The Bertz CT molecular complexity index is 657. The molecule has 0 fully saturated rings. The van der Waals surface area contributed by atoms with Gasteiger partial charge in [0.25, 0.3) is 5.91 Å². The molecule has 2 rings (SSSR count). The first-order valence-electron chi connectivity index (χ1n) is 6.52. The number of nitrogens with one attached hydrogen (secondary N) is 1. The molecule has 5 nitrogen and oxygen atoms in total. The maximum absolute atomic E-state index is 13.3. The molecule has 0 atom stereocenters. The maximum Gasteiger partial charge on any atom is 0.277 e. The first-order valence-corrected chi connectivity index (χ1v) is 6.52. The summed E-state index contributed by atoms with van der Waals surface area (Å²) in [6.45, 7) is -0.319. The zero-order chi connectivity index (χ0) is 15.8. The van der Waals surface area contributed by atoms with Crippen molar-refractivity contribution in [2.75, 3.05) is 13.7 Å². The SMILES string of the molecule is COc1ccc(/C=N/NC(=O)COc2ccccc2F)cc1. The van der Waals surface area contributed by atoms with Crippen molar-refractivity contribution in [3.63, 3.8) is 0 Å². The van der Waals surface area contributed by atoms with Gasteiger partial charge in [0, 0.05) is 0 Å². The molecule has 0 saturated heterocycles. The molecule has 2 aromatic carbocycles. The van der Waals surface area contributed by atoms with Crippen molar-refractivity contribution >= 4 is 12.1 Å². The van der Waals surface area contributed by atoms with Crippen LogP contribution in [0.5, 0.6) is 11.5 Å². The zero-order valence-electron chi connectivity index (χ0n) is 12.0. The van der Waals surface area contributed by atoms with Crippen LogP contribution in [0.25, 0.3) is 0 Å². The van der Waals surface area contributed by atoms with E-state index in [4.69, 9.17) is 9.47 Å². The minimum atomic E-state index is -0.517. The van der Waals surface area contributed by atoms with Crippen LogP contribution in [0.3, 0.4) is 0 Å². The first kappa shape index (κ1) is 15.5. The fourth-order valence-corrected chi connectivity index (χ4v) is 1.61. The summed E-state index contributed by atoms with van der Waals surface area (Å²) in [5, 5.41) is 3.79. The number of hydrazone groups is 1. The lowest BCUT2D eigenvalue weighted by Crippen LogP contribution is -2.24. The molecule has 114 valence electrons. The predicted octanol–water partition coefficient (Wildman–Crippen LogP) is 2.36. The van der Waals surface area contributed by atoms with E-state index in [1.54, 1.807) is 43.5 Å². The van der Waals surface area contributed by atoms with Gasteiger partial charge in [-0.25, -0.2) is 9.82 Å². The van der Waals surface area contributed by atoms with Gasteiger partial charge < -0.3 is 9.47 Å². The van der Waals surface area contributed by atoms with Gasteiger partial charge in [-0.1, -0.05) is 12.1 Å². The summed E-state index contributed by atoms with van der Waals surface area (Å²) < 4.78 is 23.4. The monoisotopic (exact) mass is 302 g/mol. The highest BCUT2D eigenvalue weighted by atomic mass is 19.1. The number of para-hydroxylation sites is 1. The van der Waals surface area contributed by atoms with Gasteiger partial charge in [0.15, 0.2) is 18.2 Å². The van der Waals surface area contributed by atoms with Crippen molar-refractivity contribution in [3.05, 3.63) is 59.9 Å². The molecule has 0 radical (unpaired) electrons. The number of benzene rings is 2. The normalized spacial score (nSPS) is 10.5. The van der Waals surface area contributed by atoms with Gasteiger partial charge >= 0.3 is 0 Å². The smallest absolute Gasteiger partial charge is 0.277 e. The Hall–Kier alpha value is -2.89. The third-order valence-electron chi connectivity index (χ3n) is 2.71. The molecule has 0 heterocycles. The van der Waals surface area contributed by atoms with Crippen molar-refractivity contribution in [2.24, 2.45) is 5.10 Å². The van der Waals surface area contributed by atoms with Gasteiger partial charge in [-0.2, -0.15) is 5.10 Å². The molecule has 0 spiro atoms. The largest absolute Gasteiger partial charge is 0.497 e. The Labute approximate surface area is 127 Å². The maximum atomic E-state index is 13.3. The van der Waals surface area contributed by atoms with Crippen LogP contribution in [0.15, 0.2) is 53.6 Å². The van der Waals surface area contributed by atoms with Gasteiger partial charge in [0.2, 0.25) is 0 Å². The second kappa shape index (κ2) is 7.78. The van der Waals surface area contributed by atoms with Crippen LogP contribution in [-0.2, 0) is 4.79 Å². The number of carbonyl (C=O) groups excluding carboxylic acids is 1. The van der Waals surface area contributed by atoms with Crippen LogP contribution >= 0.6 is 0 Å². The van der Waals surface area contributed by atoms with Crippen LogP contribution in [-0.4, -0.2) is 25.8 Å². The van der Waals surface area contributed by atoms with Crippen molar-refractivity contribution in [3.8, 4) is 11.5 Å². The van der Waals surface area contributed by atoms with E-state index in [1.165, 1.54) is 18.3 Å². The number of ether oxygens (including phenoxy) is 2. The number of methoxy groups -OCH3 is 1. The van der Waals surface area contributed by atoms with Gasteiger partial charge in [0.1, 0.15) is 5.75 Å². The fourth-order valence-electron chi connectivity index (χ4n) is 1.61. The Balaban J connectivity index is 1.79. The molecule has 0 aromatic heterocycles. The molecule has 6 heteroatoms. The van der Waals surface area contributed by atoms with E-state index in [0.717, 1.165) is 11.3 Å². The third kappa shape index (κ3) is 4.59.